The van der Waals surface area contributed by atoms with E-state index >= 15 is 0 Å². The van der Waals surface area contributed by atoms with Gasteiger partial charge >= 0.3 is 0 Å². The van der Waals surface area contributed by atoms with Crippen LogP contribution >= 0.6 is 0 Å². The molecule has 0 spiro atoms. The third kappa shape index (κ3) is 8.51. The molecule has 8 nitrogen and oxygen atoms in total. The number of hydrogen-bond donors (Lipinski definition) is 1. The van der Waals surface area contributed by atoms with Gasteiger partial charge in [-0.25, -0.2) is 12.8 Å². The molecule has 0 aromatic heterocycles. The Hall–Kier alpha value is -3.14. The molecule has 0 aliphatic carbocycles. The molecule has 0 saturated carbocycles. The van der Waals surface area contributed by atoms with E-state index in [9.17, 15) is 22.4 Å². The van der Waals surface area contributed by atoms with Gasteiger partial charge in [0.25, 0.3) is 0 Å². The number of ether oxygens (including phenoxy) is 1. The minimum absolute atomic E-state index is 0.0107. The minimum atomic E-state index is -3.60. The third-order valence-corrected chi connectivity index (χ3v) is 7.00. The van der Waals surface area contributed by atoms with Gasteiger partial charge in [0.15, 0.2) is 0 Å². The van der Waals surface area contributed by atoms with Gasteiger partial charge in [-0.1, -0.05) is 31.5 Å². The molecule has 0 unspecified atom stereocenters. The monoisotopic (exact) mass is 521 g/mol. The molecule has 2 aromatic carbocycles. The molecule has 2 aromatic rings. The number of sulfonamides is 1. The number of carbonyl (C=O) groups excluding carboxylic acids is 2. The summed E-state index contributed by atoms with van der Waals surface area (Å²) >= 11 is 0. The highest BCUT2D eigenvalue weighted by Gasteiger charge is 2.27. The van der Waals surface area contributed by atoms with E-state index in [2.05, 4.69) is 5.32 Å². The van der Waals surface area contributed by atoms with Gasteiger partial charge in [-0.3, -0.25) is 13.9 Å². The highest BCUT2D eigenvalue weighted by Crippen LogP contribution is 2.22. The van der Waals surface area contributed by atoms with Crippen molar-refractivity contribution in [2.45, 2.75) is 52.1 Å². The first-order chi connectivity index (χ1) is 17.1. The van der Waals surface area contributed by atoms with E-state index in [4.69, 9.17) is 4.74 Å². The Morgan fingerprint density at radius 3 is 2.33 bits per heavy atom. The van der Waals surface area contributed by atoms with Crippen molar-refractivity contribution in [2.24, 2.45) is 0 Å². The molecular weight excluding hydrogens is 485 g/mol. The summed E-state index contributed by atoms with van der Waals surface area (Å²) in [5.41, 5.74) is 0.757. The van der Waals surface area contributed by atoms with Crippen LogP contribution in [0.25, 0.3) is 0 Å². The van der Waals surface area contributed by atoms with Gasteiger partial charge in [-0.2, -0.15) is 0 Å². The van der Waals surface area contributed by atoms with Gasteiger partial charge in [0, 0.05) is 31.6 Å². The quantitative estimate of drug-likeness (QED) is 0.383. The summed E-state index contributed by atoms with van der Waals surface area (Å²) in [6, 6.07) is 11.9. The zero-order chi connectivity index (χ0) is 26.7. The van der Waals surface area contributed by atoms with E-state index in [-0.39, 0.29) is 37.7 Å². The summed E-state index contributed by atoms with van der Waals surface area (Å²) in [6.07, 6.45) is 3.04. The molecule has 36 heavy (non-hydrogen) atoms. The Morgan fingerprint density at radius 1 is 1.08 bits per heavy atom. The number of halogens is 1. The van der Waals surface area contributed by atoms with Crippen LogP contribution in [-0.4, -0.2) is 57.6 Å². The number of rotatable bonds is 14. The van der Waals surface area contributed by atoms with Crippen molar-refractivity contribution in [1.82, 2.24) is 10.2 Å². The lowest BCUT2D eigenvalue weighted by Crippen LogP contribution is -2.48. The van der Waals surface area contributed by atoms with E-state index in [1.807, 2.05) is 6.92 Å². The fourth-order valence-corrected chi connectivity index (χ4v) is 4.65. The topological polar surface area (TPSA) is 96.0 Å². The van der Waals surface area contributed by atoms with Crippen LogP contribution in [0.3, 0.4) is 0 Å². The van der Waals surface area contributed by atoms with Crippen molar-refractivity contribution in [3.63, 3.8) is 0 Å². The summed E-state index contributed by atoms with van der Waals surface area (Å²) in [5.74, 6) is -0.544. The predicted octanol–water partition coefficient (Wildman–Crippen LogP) is 3.71. The molecule has 0 radical (unpaired) electrons. The average Bonchev–Trinajstić information content (AvgIpc) is 2.85. The van der Waals surface area contributed by atoms with Crippen LogP contribution < -0.4 is 14.4 Å². The summed E-state index contributed by atoms with van der Waals surface area (Å²) in [7, 11) is -2.08. The van der Waals surface area contributed by atoms with Crippen LogP contribution in [0, 0.1) is 5.82 Å². The molecule has 10 heteroatoms. The SMILES string of the molecule is CCCCNC(=O)[C@@H](C)N(Cc1ccccc1F)C(=O)CCCN(c1ccc(OC)cc1)S(C)(=O)=O. The number of benzene rings is 2. The summed E-state index contributed by atoms with van der Waals surface area (Å²) < 4.78 is 45.5. The smallest absolute Gasteiger partial charge is 0.242 e. The van der Waals surface area contributed by atoms with Crippen LogP contribution in [0.2, 0.25) is 0 Å². The van der Waals surface area contributed by atoms with E-state index in [1.165, 1.54) is 22.4 Å². The molecule has 0 fully saturated rings. The maximum atomic E-state index is 14.3. The molecule has 0 heterocycles. The molecule has 0 bridgehead atoms. The molecule has 198 valence electrons. The Morgan fingerprint density at radius 2 is 1.75 bits per heavy atom. The van der Waals surface area contributed by atoms with E-state index < -0.39 is 21.9 Å². The highest BCUT2D eigenvalue weighted by molar-refractivity contribution is 7.92. The van der Waals surface area contributed by atoms with Gasteiger partial charge in [0.1, 0.15) is 17.6 Å². The van der Waals surface area contributed by atoms with E-state index in [0.717, 1.165) is 19.1 Å². The van der Waals surface area contributed by atoms with Crippen molar-refractivity contribution in [1.29, 1.82) is 0 Å². The Labute approximate surface area is 213 Å². The Bertz CT molecular complexity index is 1110. The zero-order valence-corrected chi connectivity index (χ0v) is 22.2. The number of hydrogen-bond acceptors (Lipinski definition) is 5. The van der Waals surface area contributed by atoms with Gasteiger partial charge < -0.3 is 15.0 Å². The van der Waals surface area contributed by atoms with Crippen molar-refractivity contribution in [2.75, 3.05) is 30.8 Å². The third-order valence-electron chi connectivity index (χ3n) is 5.81. The van der Waals surface area contributed by atoms with Crippen LogP contribution in [0.15, 0.2) is 48.5 Å². The number of carbonyl (C=O) groups is 2. The lowest BCUT2D eigenvalue weighted by atomic mass is 10.1. The number of anilines is 1. The van der Waals surface area contributed by atoms with Gasteiger partial charge in [0.2, 0.25) is 21.8 Å². The first-order valence-electron chi connectivity index (χ1n) is 12.0. The van der Waals surface area contributed by atoms with Crippen LogP contribution in [0.1, 0.15) is 45.1 Å². The molecule has 0 aliphatic heterocycles. The second-order valence-electron chi connectivity index (χ2n) is 8.57. The van der Waals surface area contributed by atoms with Crippen molar-refractivity contribution < 1.29 is 27.1 Å². The number of unbranched alkanes of at least 4 members (excludes halogenated alkanes) is 1. The highest BCUT2D eigenvalue weighted by atomic mass is 32.2. The molecule has 0 saturated heterocycles. The van der Waals surface area contributed by atoms with Gasteiger partial charge in [0.05, 0.1) is 19.1 Å². The molecule has 2 amide bonds. The zero-order valence-electron chi connectivity index (χ0n) is 21.4. The maximum absolute atomic E-state index is 14.3. The van der Waals surface area contributed by atoms with Crippen molar-refractivity contribution >= 4 is 27.5 Å². The van der Waals surface area contributed by atoms with Crippen LogP contribution in [0.5, 0.6) is 5.75 Å². The maximum Gasteiger partial charge on any atom is 0.242 e. The number of methoxy groups -OCH3 is 1. The fraction of sp³-hybridized carbons (Fsp3) is 0.462. The first-order valence-corrected chi connectivity index (χ1v) is 13.9. The first kappa shape index (κ1) is 29.1. The number of amides is 2. The van der Waals surface area contributed by atoms with Crippen molar-refractivity contribution in [3.05, 3.63) is 59.9 Å². The fourth-order valence-electron chi connectivity index (χ4n) is 3.68. The lowest BCUT2D eigenvalue weighted by molar-refractivity contribution is -0.140. The molecule has 0 aliphatic rings. The predicted molar refractivity (Wildman–Crippen MR) is 139 cm³/mol. The lowest BCUT2D eigenvalue weighted by Gasteiger charge is -2.29. The largest absolute Gasteiger partial charge is 0.497 e. The second kappa shape index (κ2) is 13.8. The Kier molecular flexibility index (Phi) is 11.2. The van der Waals surface area contributed by atoms with E-state index in [1.54, 1.807) is 49.4 Å². The second-order valence-corrected chi connectivity index (χ2v) is 10.5. The standard InChI is InChI=1S/C26H36FN3O5S/c1-5-6-17-28-26(32)20(2)29(19-21-10-7-8-11-24(21)27)25(31)12-9-18-30(36(4,33)34)22-13-15-23(35-3)16-14-22/h7-8,10-11,13-16,20H,5-6,9,12,17-19H2,1-4H3,(H,28,32)/t20-/m1/s1. The average molecular weight is 522 g/mol. The normalized spacial score (nSPS) is 12.0. The number of nitrogens with zero attached hydrogens (tertiary/aromatic N) is 2. The summed E-state index contributed by atoms with van der Waals surface area (Å²) in [5, 5.41) is 2.82. The summed E-state index contributed by atoms with van der Waals surface area (Å²) in [4.78, 5) is 27.3. The molecular formula is C26H36FN3O5S. The molecule has 2 rings (SSSR count). The minimum Gasteiger partial charge on any atom is -0.497 e. The molecule has 1 N–H and O–H groups in total. The molecule has 1 atom stereocenters. The van der Waals surface area contributed by atoms with Crippen molar-refractivity contribution in [3.8, 4) is 5.75 Å². The van der Waals surface area contributed by atoms with E-state index in [0.29, 0.717) is 23.5 Å². The van der Waals surface area contributed by atoms with Gasteiger partial charge in [-0.05, 0) is 50.1 Å². The van der Waals surface area contributed by atoms with Crippen LogP contribution in [-0.2, 0) is 26.2 Å². The Balaban J connectivity index is 2.15. The number of nitrogens with one attached hydrogen (secondary N) is 1. The summed E-state index contributed by atoms with van der Waals surface area (Å²) in [6.45, 7) is 4.12. The van der Waals surface area contributed by atoms with Gasteiger partial charge in [-0.15, -0.1) is 0 Å². The van der Waals surface area contributed by atoms with Crippen LogP contribution in [0.4, 0.5) is 10.1 Å².